The van der Waals surface area contributed by atoms with E-state index in [1.807, 2.05) is 30.3 Å². The Hall–Kier alpha value is -2.37. The van der Waals surface area contributed by atoms with Crippen molar-refractivity contribution in [3.8, 4) is 0 Å². The molecule has 2 heterocycles. The molecule has 0 aromatic heterocycles. The maximum atomic E-state index is 14.1. The van der Waals surface area contributed by atoms with E-state index in [2.05, 4.69) is 0 Å². The van der Waals surface area contributed by atoms with Crippen molar-refractivity contribution in [1.82, 2.24) is 0 Å². The number of fused-ring (bicyclic) bond motifs is 1. The molecule has 3 aliphatic carbocycles. The van der Waals surface area contributed by atoms with Crippen molar-refractivity contribution in [2.75, 3.05) is 27.4 Å². The van der Waals surface area contributed by atoms with E-state index in [9.17, 15) is 19.5 Å². The maximum absolute atomic E-state index is 14.1. The van der Waals surface area contributed by atoms with Crippen LogP contribution in [0.2, 0.25) is 0 Å². The quantitative estimate of drug-likeness (QED) is 0.320. The van der Waals surface area contributed by atoms with Crippen molar-refractivity contribution in [3.05, 3.63) is 35.9 Å². The molecule has 5 aliphatic rings. The van der Waals surface area contributed by atoms with Gasteiger partial charge in [0.15, 0.2) is 11.4 Å². The van der Waals surface area contributed by atoms with Gasteiger partial charge in [0.25, 0.3) is 0 Å². The third-order valence-electron chi connectivity index (χ3n) is 9.33. The normalized spacial score (nSPS) is 40.7. The number of benzene rings is 1. The number of methoxy groups -OCH3 is 2. The van der Waals surface area contributed by atoms with Crippen molar-refractivity contribution >= 4 is 17.7 Å². The zero-order valence-electron chi connectivity index (χ0n) is 20.9. The zero-order valence-corrected chi connectivity index (χ0v) is 20.9. The summed E-state index contributed by atoms with van der Waals surface area (Å²) in [6.07, 6.45) is -1.96. The van der Waals surface area contributed by atoms with Gasteiger partial charge in [0, 0.05) is 25.4 Å². The van der Waals surface area contributed by atoms with Crippen LogP contribution in [-0.4, -0.2) is 80.0 Å². The summed E-state index contributed by atoms with van der Waals surface area (Å²) in [7, 11) is 2.80. The standard InChI is InChI=1S/C27H32O10/c1-32-22-16-12-17-20(21(16)30)27(23(22)37-27)26(35-10-11-36-26)13-18(28)25(17,24(31)33-2)9-8-19(29)34-14-15-6-4-3-5-7-15/h3-7,16-17,20-23,30H,8-14H2,1-2H3/t16-,17+,20+,21?,22+,23+,25+,27-/m0/s1. The van der Waals surface area contributed by atoms with Gasteiger partial charge in [0.05, 0.1) is 39.0 Å². The lowest BCUT2D eigenvalue weighted by Crippen LogP contribution is -2.60. The zero-order chi connectivity index (χ0) is 26.0. The fraction of sp³-hybridized carbons (Fsp3) is 0.667. The minimum absolute atomic E-state index is 0.0879. The van der Waals surface area contributed by atoms with E-state index >= 15 is 0 Å². The van der Waals surface area contributed by atoms with Gasteiger partial charge in [-0.1, -0.05) is 30.3 Å². The molecule has 1 unspecified atom stereocenters. The van der Waals surface area contributed by atoms with Gasteiger partial charge in [-0.2, -0.15) is 0 Å². The molecule has 2 saturated heterocycles. The van der Waals surface area contributed by atoms with Crippen LogP contribution in [0.25, 0.3) is 0 Å². The highest BCUT2D eigenvalue weighted by Gasteiger charge is 2.88. The summed E-state index contributed by atoms with van der Waals surface area (Å²) in [4.78, 5) is 40.5. The molecule has 200 valence electrons. The number of hydrogen-bond donors (Lipinski definition) is 1. The third-order valence-corrected chi connectivity index (χ3v) is 9.33. The number of esters is 2. The van der Waals surface area contributed by atoms with Crippen LogP contribution < -0.4 is 0 Å². The molecule has 2 bridgehead atoms. The molecule has 37 heavy (non-hydrogen) atoms. The first-order chi connectivity index (χ1) is 17.8. The molecule has 1 N–H and O–H groups in total. The van der Waals surface area contributed by atoms with Crippen LogP contribution >= 0.6 is 0 Å². The summed E-state index contributed by atoms with van der Waals surface area (Å²) >= 11 is 0. The number of ether oxygens (including phenoxy) is 6. The molecule has 0 radical (unpaired) electrons. The summed E-state index contributed by atoms with van der Waals surface area (Å²) < 4.78 is 34.9. The number of carbonyl (C=O) groups excluding carboxylic acids is 3. The van der Waals surface area contributed by atoms with Gasteiger partial charge in [-0.05, 0) is 24.3 Å². The monoisotopic (exact) mass is 516 g/mol. The van der Waals surface area contributed by atoms with E-state index in [0.29, 0.717) is 6.42 Å². The van der Waals surface area contributed by atoms with Crippen LogP contribution in [0.15, 0.2) is 30.3 Å². The number of hydrogen-bond acceptors (Lipinski definition) is 10. The van der Waals surface area contributed by atoms with E-state index in [4.69, 9.17) is 28.4 Å². The molecule has 5 fully saturated rings. The Balaban J connectivity index is 1.35. The van der Waals surface area contributed by atoms with Crippen LogP contribution in [0.3, 0.4) is 0 Å². The predicted molar refractivity (Wildman–Crippen MR) is 124 cm³/mol. The highest BCUT2D eigenvalue weighted by Crippen LogP contribution is 2.72. The number of epoxide rings is 1. The Morgan fingerprint density at radius 2 is 1.86 bits per heavy atom. The number of aliphatic hydroxyl groups is 1. The lowest BCUT2D eigenvalue weighted by Gasteiger charge is -2.42. The van der Waals surface area contributed by atoms with E-state index < -0.39 is 64.7 Å². The Morgan fingerprint density at radius 3 is 2.54 bits per heavy atom. The lowest BCUT2D eigenvalue weighted by molar-refractivity contribution is -0.227. The van der Waals surface area contributed by atoms with Crippen molar-refractivity contribution < 1.29 is 47.9 Å². The van der Waals surface area contributed by atoms with Crippen molar-refractivity contribution in [3.63, 3.8) is 0 Å². The molecule has 3 saturated carbocycles. The number of rotatable bonds is 7. The van der Waals surface area contributed by atoms with Crippen molar-refractivity contribution in [2.24, 2.45) is 23.2 Å². The second-order valence-corrected chi connectivity index (χ2v) is 10.7. The minimum Gasteiger partial charge on any atom is -0.468 e. The van der Waals surface area contributed by atoms with E-state index in [0.717, 1.165) is 5.56 Å². The van der Waals surface area contributed by atoms with Gasteiger partial charge < -0.3 is 33.5 Å². The number of ketones is 1. The molecule has 6 rings (SSSR count). The molecule has 2 spiro atoms. The molecule has 1 aromatic rings. The lowest BCUT2D eigenvalue weighted by atomic mass is 9.64. The SMILES string of the molecule is COC(=O)[C@@]1(CCC(=O)OCc2ccccc2)C(=O)CC2(OCCO2)[C@@]23O[C@@H]2[C@H](OC)[C@H]2C[C@@H]1[C@@H]3C2O. The van der Waals surface area contributed by atoms with Crippen LogP contribution in [-0.2, 0) is 49.4 Å². The fourth-order valence-electron chi connectivity index (χ4n) is 7.79. The third kappa shape index (κ3) is 3.32. The van der Waals surface area contributed by atoms with Gasteiger partial charge >= 0.3 is 11.9 Å². The smallest absolute Gasteiger partial charge is 0.319 e. The molecule has 10 heteroatoms. The Labute approximate surface area is 214 Å². The first kappa shape index (κ1) is 24.9. The molecule has 2 aliphatic heterocycles. The molecule has 10 nitrogen and oxygen atoms in total. The minimum atomic E-state index is -1.69. The van der Waals surface area contributed by atoms with E-state index in [-0.39, 0.29) is 45.0 Å². The second kappa shape index (κ2) is 8.84. The summed E-state index contributed by atoms with van der Waals surface area (Å²) in [5.41, 5.74) is -1.98. The van der Waals surface area contributed by atoms with E-state index in [1.54, 1.807) is 7.11 Å². The first-order valence-corrected chi connectivity index (χ1v) is 12.8. The summed E-state index contributed by atoms with van der Waals surface area (Å²) in [6, 6.07) is 9.26. The molecule has 0 amide bonds. The molecular formula is C27H32O10. The molecular weight excluding hydrogens is 484 g/mol. The van der Waals surface area contributed by atoms with Crippen LogP contribution in [0, 0.1) is 23.2 Å². The topological polar surface area (TPSA) is 130 Å². The Bertz CT molecular complexity index is 1080. The van der Waals surface area contributed by atoms with Crippen LogP contribution in [0.5, 0.6) is 0 Å². The fourth-order valence-corrected chi connectivity index (χ4v) is 7.79. The Morgan fingerprint density at radius 1 is 1.14 bits per heavy atom. The summed E-state index contributed by atoms with van der Waals surface area (Å²) in [6.45, 7) is 0.609. The van der Waals surface area contributed by atoms with Crippen molar-refractivity contribution in [2.45, 2.75) is 62.0 Å². The van der Waals surface area contributed by atoms with Gasteiger partial charge in [0.2, 0.25) is 5.79 Å². The molecule has 1 aromatic carbocycles. The maximum Gasteiger partial charge on any atom is 0.319 e. The first-order valence-electron chi connectivity index (χ1n) is 12.8. The average Bonchev–Trinajstić information content (AvgIpc) is 3.38. The number of aliphatic hydroxyl groups excluding tert-OH is 1. The Kier molecular flexibility index (Phi) is 5.96. The van der Waals surface area contributed by atoms with Gasteiger partial charge in [-0.3, -0.25) is 14.4 Å². The number of Topliss-reactive ketones (excluding diaryl/α,β-unsaturated/α-hetero) is 1. The summed E-state index contributed by atoms with van der Waals surface area (Å²) in [5.74, 6) is -4.74. The predicted octanol–water partition coefficient (Wildman–Crippen LogP) is 1.16. The second-order valence-electron chi connectivity index (χ2n) is 10.7. The summed E-state index contributed by atoms with van der Waals surface area (Å²) in [5, 5.41) is 11.5. The van der Waals surface area contributed by atoms with Gasteiger partial charge in [0.1, 0.15) is 18.1 Å². The highest BCUT2D eigenvalue weighted by molar-refractivity contribution is 6.05. The van der Waals surface area contributed by atoms with Crippen molar-refractivity contribution in [1.29, 1.82) is 0 Å². The van der Waals surface area contributed by atoms with Crippen LogP contribution in [0.4, 0.5) is 0 Å². The number of carbonyl (C=O) groups is 3. The molecule has 8 atom stereocenters. The van der Waals surface area contributed by atoms with E-state index in [1.165, 1.54) is 7.11 Å². The average molecular weight is 517 g/mol. The highest BCUT2D eigenvalue weighted by atomic mass is 16.8. The van der Waals surface area contributed by atoms with Crippen LogP contribution in [0.1, 0.15) is 31.2 Å². The van der Waals surface area contributed by atoms with Gasteiger partial charge in [-0.15, -0.1) is 0 Å². The van der Waals surface area contributed by atoms with Gasteiger partial charge in [-0.25, -0.2) is 0 Å². The largest absolute Gasteiger partial charge is 0.468 e.